The molecule has 0 bridgehead atoms. The first-order valence-electron chi connectivity index (χ1n) is 8.58. The largest absolute Gasteiger partial charge is 0.469 e. The van der Waals surface area contributed by atoms with Gasteiger partial charge in [-0.2, -0.15) is 0 Å². The van der Waals surface area contributed by atoms with Crippen molar-refractivity contribution in [3.8, 4) is 0 Å². The van der Waals surface area contributed by atoms with Crippen molar-refractivity contribution < 1.29 is 28.5 Å². The predicted molar refractivity (Wildman–Crippen MR) is 78.5 cm³/mol. The first-order chi connectivity index (χ1) is 11.0. The lowest BCUT2D eigenvalue weighted by Gasteiger charge is -2.27. The van der Waals surface area contributed by atoms with Crippen molar-refractivity contribution in [2.24, 2.45) is 17.8 Å². The fourth-order valence-corrected chi connectivity index (χ4v) is 4.27. The molecule has 7 unspecified atom stereocenters. The number of hydrogen-bond acceptors (Lipinski definition) is 6. The number of esters is 2. The smallest absolute Gasteiger partial charge is 0.309 e. The number of ether oxygens (including phenoxy) is 4. The van der Waals surface area contributed by atoms with Crippen LogP contribution in [0.25, 0.3) is 0 Å². The van der Waals surface area contributed by atoms with Crippen molar-refractivity contribution in [3.05, 3.63) is 0 Å². The number of rotatable bonds is 4. The molecule has 0 aromatic carbocycles. The Balaban J connectivity index is 1.31. The molecule has 2 aliphatic heterocycles. The van der Waals surface area contributed by atoms with Gasteiger partial charge in [-0.15, -0.1) is 0 Å². The summed E-state index contributed by atoms with van der Waals surface area (Å²) >= 11 is 0. The van der Waals surface area contributed by atoms with Crippen molar-refractivity contribution in [2.75, 3.05) is 13.7 Å². The zero-order chi connectivity index (χ0) is 16.2. The molecule has 4 fully saturated rings. The molecule has 128 valence electrons. The van der Waals surface area contributed by atoms with Crippen LogP contribution in [-0.2, 0) is 28.5 Å². The molecule has 6 heteroatoms. The summed E-state index contributed by atoms with van der Waals surface area (Å²) in [5.74, 6) is -1.11. The summed E-state index contributed by atoms with van der Waals surface area (Å²) in [7, 11) is 1.36. The van der Waals surface area contributed by atoms with Gasteiger partial charge >= 0.3 is 11.9 Å². The Morgan fingerprint density at radius 1 is 1.13 bits per heavy atom. The number of hydrogen-bond donors (Lipinski definition) is 0. The van der Waals surface area contributed by atoms with Gasteiger partial charge in [-0.3, -0.25) is 9.59 Å². The molecule has 2 saturated heterocycles. The zero-order valence-electron chi connectivity index (χ0n) is 13.7. The van der Waals surface area contributed by atoms with Crippen molar-refractivity contribution in [3.63, 3.8) is 0 Å². The highest BCUT2D eigenvalue weighted by molar-refractivity contribution is 5.82. The van der Waals surface area contributed by atoms with Gasteiger partial charge in [0.25, 0.3) is 0 Å². The maximum absolute atomic E-state index is 12.5. The summed E-state index contributed by atoms with van der Waals surface area (Å²) in [6.07, 6.45) is 4.72. The Hall–Kier alpha value is -1.14. The number of fused-ring (bicyclic) bond motifs is 2. The number of epoxide rings is 2. The van der Waals surface area contributed by atoms with Crippen LogP contribution in [0.4, 0.5) is 0 Å². The Morgan fingerprint density at radius 2 is 1.83 bits per heavy atom. The van der Waals surface area contributed by atoms with E-state index in [1.165, 1.54) is 7.11 Å². The average molecular weight is 324 g/mol. The van der Waals surface area contributed by atoms with Gasteiger partial charge in [-0.05, 0) is 44.9 Å². The van der Waals surface area contributed by atoms with Gasteiger partial charge in [0.1, 0.15) is 0 Å². The van der Waals surface area contributed by atoms with Crippen LogP contribution in [0.15, 0.2) is 0 Å². The van der Waals surface area contributed by atoms with Crippen LogP contribution < -0.4 is 0 Å². The first-order valence-corrected chi connectivity index (χ1v) is 8.58. The van der Waals surface area contributed by atoms with Crippen LogP contribution >= 0.6 is 0 Å². The van der Waals surface area contributed by atoms with Crippen LogP contribution in [0.5, 0.6) is 0 Å². The van der Waals surface area contributed by atoms with Gasteiger partial charge in [-0.1, -0.05) is 0 Å². The monoisotopic (exact) mass is 324 g/mol. The highest BCUT2D eigenvalue weighted by Crippen LogP contribution is 2.49. The fourth-order valence-electron chi connectivity index (χ4n) is 4.27. The molecule has 2 aliphatic carbocycles. The third-order valence-electron chi connectivity index (χ3n) is 6.05. The van der Waals surface area contributed by atoms with E-state index in [-0.39, 0.29) is 29.7 Å². The highest BCUT2D eigenvalue weighted by atomic mass is 16.6. The van der Waals surface area contributed by atoms with E-state index >= 15 is 0 Å². The third-order valence-corrected chi connectivity index (χ3v) is 6.05. The van der Waals surface area contributed by atoms with E-state index in [4.69, 9.17) is 18.9 Å². The van der Waals surface area contributed by atoms with Crippen molar-refractivity contribution >= 4 is 11.9 Å². The minimum absolute atomic E-state index is 0.0815. The summed E-state index contributed by atoms with van der Waals surface area (Å²) < 4.78 is 21.6. The van der Waals surface area contributed by atoms with Crippen molar-refractivity contribution in [1.29, 1.82) is 0 Å². The van der Waals surface area contributed by atoms with E-state index < -0.39 is 11.8 Å². The Labute approximate surface area is 135 Å². The summed E-state index contributed by atoms with van der Waals surface area (Å²) in [5.41, 5.74) is 0.0815. The van der Waals surface area contributed by atoms with Gasteiger partial charge in [-0.25, -0.2) is 0 Å². The number of carbonyl (C=O) groups excluding carboxylic acids is 2. The molecule has 0 radical (unpaired) electrons. The molecule has 4 rings (SSSR count). The molecular formula is C17H24O6. The van der Waals surface area contributed by atoms with Gasteiger partial charge in [0.15, 0.2) is 0 Å². The van der Waals surface area contributed by atoms with Gasteiger partial charge in [0, 0.05) is 0 Å². The van der Waals surface area contributed by atoms with Gasteiger partial charge in [0.05, 0.1) is 49.5 Å². The standard InChI is InChI=1S/C17H24O6/c1-17-4-3-9(5-14(17)23-17)8-21-16(19)11-7-13-12(22-13)6-10(11)15(18)20-2/h9-14H,3-8H2,1-2H3. The zero-order valence-corrected chi connectivity index (χ0v) is 13.7. The summed E-state index contributed by atoms with van der Waals surface area (Å²) in [5, 5.41) is 0. The number of carbonyl (C=O) groups is 2. The molecule has 23 heavy (non-hydrogen) atoms. The third kappa shape index (κ3) is 2.87. The number of methoxy groups -OCH3 is 1. The van der Waals surface area contributed by atoms with Crippen LogP contribution in [0, 0.1) is 17.8 Å². The molecule has 7 atom stereocenters. The fraction of sp³-hybridized carbons (Fsp3) is 0.882. The quantitative estimate of drug-likeness (QED) is 0.575. The second-order valence-electron chi connectivity index (χ2n) is 7.61. The maximum Gasteiger partial charge on any atom is 0.309 e. The molecule has 0 N–H and O–H groups in total. The Kier molecular flexibility index (Phi) is 3.65. The minimum Gasteiger partial charge on any atom is -0.469 e. The lowest BCUT2D eigenvalue weighted by atomic mass is 9.79. The summed E-state index contributed by atoms with van der Waals surface area (Å²) in [4.78, 5) is 24.4. The lowest BCUT2D eigenvalue weighted by molar-refractivity contribution is -0.161. The SMILES string of the molecule is COC(=O)C1CC2OC2CC1C(=O)OCC1CCC2(C)OC2C1. The molecule has 2 heterocycles. The Bertz CT molecular complexity index is 519. The Morgan fingerprint density at radius 3 is 2.48 bits per heavy atom. The van der Waals surface area contributed by atoms with Gasteiger partial charge in [0.2, 0.25) is 0 Å². The topological polar surface area (TPSA) is 77.7 Å². The molecule has 0 spiro atoms. The van der Waals surface area contributed by atoms with Crippen molar-refractivity contribution in [2.45, 2.75) is 62.9 Å². The second kappa shape index (κ2) is 5.45. The molecule has 0 aromatic rings. The van der Waals surface area contributed by atoms with E-state index in [9.17, 15) is 9.59 Å². The van der Waals surface area contributed by atoms with E-state index in [0.29, 0.717) is 31.5 Å². The van der Waals surface area contributed by atoms with Crippen LogP contribution in [0.3, 0.4) is 0 Å². The first kappa shape index (κ1) is 15.4. The summed E-state index contributed by atoms with van der Waals surface area (Å²) in [6.45, 7) is 2.57. The highest BCUT2D eigenvalue weighted by Gasteiger charge is 2.56. The normalized spacial score (nSPS) is 47.0. The van der Waals surface area contributed by atoms with E-state index in [0.717, 1.165) is 19.3 Å². The molecule has 6 nitrogen and oxygen atoms in total. The van der Waals surface area contributed by atoms with E-state index in [2.05, 4.69) is 6.92 Å². The summed E-state index contributed by atoms with van der Waals surface area (Å²) in [6, 6.07) is 0. The molecular weight excluding hydrogens is 300 g/mol. The average Bonchev–Trinajstić information content (AvgIpc) is 3.44. The molecule has 0 amide bonds. The lowest BCUT2D eigenvalue weighted by Crippen LogP contribution is -2.38. The second-order valence-corrected chi connectivity index (χ2v) is 7.61. The maximum atomic E-state index is 12.5. The van der Waals surface area contributed by atoms with Crippen molar-refractivity contribution in [1.82, 2.24) is 0 Å². The predicted octanol–water partition coefficient (Wildman–Crippen LogP) is 1.45. The van der Waals surface area contributed by atoms with Crippen LogP contribution in [0.2, 0.25) is 0 Å². The van der Waals surface area contributed by atoms with Crippen LogP contribution in [-0.4, -0.2) is 49.6 Å². The molecule has 4 aliphatic rings. The molecule has 0 aromatic heterocycles. The van der Waals surface area contributed by atoms with Gasteiger partial charge < -0.3 is 18.9 Å². The minimum atomic E-state index is -0.433. The van der Waals surface area contributed by atoms with Crippen LogP contribution in [0.1, 0.15) is 39.0 Å². The van der Waals surface area contributed by atoms with E-state index in [1.54, 1.807) is 0 Å². The molecule has 2 saturated carbocycles. The van der Waals surface area contributed by atoms with E-state index in [1.807, 2.05) is 0 Å².